The summed E-state index contributed by atoms with van der Waals surface area (Å²) in [6.45, 7) is 1.97. The number of halogens is 1. The zero-order valence-electron chi connectivity index (χ0n) is 15.6. The highest BCUT2D eigenvalue weighted by Gasteiger charge is 2.14. The molecular formula is C20H23FN2O4. The summed E-state index contributed by atoms with van der Waals surface area (Å²) in [6.07, 6.45) is 0.0567. The highest BCUT2D eigenvalue weighted by Crippen LogP contribution is 2.28. The minimum Gasteiger partial charge on any atom is -0.493 e. The molecule has 0 atom stereocenters. The minimum atomic E-state index is -0.500. The summed E-state index contributed by atoms with van der Waals surface area (Å²) in [4.78, 5) is 25.5. The zero-order chi connectivity index (χ0) is 19.8. The Morgan fingerprint density at radius 1 is 1.07 bits per heavy atom. The number of nitrogens with one attached hydrogen (secondary N) is 1. The molecule has 0 saturated heterocycles. The standard InChI is InChI=1S/C20H23FN2O4/c1-14(24)23(13-15-8-9-18(26-2)19(12-15)27-3)11-10-20(25)22-17-7-5-4-6-16(17)21/h4-9,12H,10-11,13H2,1-3H3,(H,22,25). The van der Waals surface area contributed by atoms with Gasteiger partial charge in [0.05, 0.1) is 19.9 Å². The SMILES string of the molecule is COc1ccc(CN(CCC(=O)Nc2ccccc2F)C(C)=O)cc1OC. The Hall–Kier alpha value is -3.09. The van der Waals surface area contributed by atoms with Crippen molar-refractivity contribution in [2.24, 2.45) is 0 Å². The van der Waals surface area contributed by atoms with Crippen molar-refractivity contribution in [3.8, 4) is 11.5 Å². The normalized spacial score (nSPS) is 10.2. The molecule has 2 aromatic carbocycles. The largest absolute Gasteiger partial charge is 0.493 e. The van der Waals surface area contributed by atoms with E-state index in [2.05, 4.69) is 5.32 Å². The van der Waals surface area contributed by atoms with Crippen LogP contribution in [0.25, 0.3) is 0 Å². The van der Waals surface area contributed by atoms with Gasteiger partial charge in [-0.2, -0.15) is 0 Å². The van der Waals surface area contributed by atoms with Crippen LogP contribution in [0.1, 0.15) is 18.9 Å². The lowest BCUT2D eigenvalue weighted by molar-refractivity contribution is -0.129. The van der Waals surface area contributed by atoms with Crippen LogP contribution in [-0.2, 0) is 16.1 Å². The van der Waals surface area contributed by atoms with Crippen LogP contribution in [0.15, 0.2) is 42.5 Å². The van der Waals surface area contributed by atoms with Gasteiger partial charge >= 0.3 is 0 Å². The number of ether oxygens (including phenoxy) is 2. The Bertz CT molecular complexity index is 810. The first-order valence-corrected chi connectivity index (χ1v) is 8.45. The molecule has 27 heavy (non-hydrogen) atoms. The van der Waals surface area contributed by atoms with Crippen molar-refractivity contribution in [3.63, 3.8) is 0 Å². The summed E-state index contributed by atoms with van der Waals surface area (Å²) in [6, 6.07) is 11.3. The van der Waals surface area contributed by atoms with Crippen molar-refractivity contribution < 1.29 is 23.5 Å². The fourth-order valence-electron chi connectivity index (χ4n) is 2.56. The summed E-state index contributed by atoms with van der Waals surface area (Å²) >= 11 is 0. The number of anilines is 1. The maximum Gasteiger partial charge on any atom is 0.226 e. The summed E-state index contributed by atoms with van der Waals surface area (Å²) in [5, 5.41) is 2.51. The van der Waals surface area contributed by atoms with Gasteiger partial charge in [0.1, 0.15) is 5.82 Å². The third kappa shape index (κ3) is 5.70. The molecule has 2 amide bonds. The lowest BCUT2D eigenvalue weighted by Crippen LogP contribution is -2.31. The van der Waals surface area contributed by atoms with Crippen LogP contribution in [0.5, 0.6) is 11.5 Å². The average Bonchev–Trinajstić information content (AvgIpc) is 2.66. The number of para-hydroxylation sites is 1. The second-order valence-electron chi connectivity index (χ2n) is 5.91. The Labute approximate surface area is 157 Å². The Kier molecular flexibility index (Phi) is 7.16. The molecule has 7 heteroatoms. The van der Waals surface area contributed by atoms with E-state index in [0.717, 1.165) is 5.56 Å². The molecule has 0 fully saturated rings. The molecule has 0 aliphatic heterocycles. The van der Waals surface area contributed by atoms with Crippen LogP contribution < -0.4 is 14.8 Å². The topological polar surface area (TPSA) is 67.9 Å². The lowest BCUT2D eigenvalue weighted by atomic mass is 10.1. The third-order valence-electron chi connectivity index (χ3n) is 4.02. The van der Waals surface area contributed by atoms with Gasteiger partial charge in [0, 0.05) is 26.4 Å². The van der Waals surface area contributed by atoms with Gasteiger partial charge in [-0.1, -0.05) is 18.2 Å². The molecule has 0 unspecified atom stereocenters. The quantitative estimate of drug-likeness (QED) is 0.770. The van der Waals surface area contributed by atoms with Gasteiger partial charge in [-0.15, -0.1) is 0 Å². The third-order valence-corrected chi connectivity index (χ3v) is 4.02. The molecule has 2 rings (SSSR count). The van der Waals surface area contributed by atoms with Gasteiger partial charge in [0.15, 0.2) is 11.5 Å². The lowest BCUT2D eigenvalue weighted by Gasteiger charge is -2.21. The van der Waals surface area contributed by atoms with Crippen molar-refractivity contribution in [2.75, 3.05) is 26.1 Å². The monoisotopic (exact) mass is 374 g/mol. The fourth-order valence-corrected chi connectivity index (χ4v) is 2.56. The van der Waals surface area contributed by atoms with Gasteiger partial charge in [-0.25, -0.2) is 4.39 Å². The van der Waals surface area contributed by atoms with Gasteiger partial charge < -0.3 is 19.7 Å². The first kappa shape index (κ1) is 20.2. The van der Waals surface area contributed by atoms with Gasteiger partial charge in [-0.3, -0.25) is 9.59 Å². The maximum absolute atomic E-state index is 13.6. The molecule has 144 valence electrons. The molecule has 2 aromatic rings. The highest BCUT2D eigenvalue weighted by molar-refractivity contribution is 5.91. The number of rotatable bonds is 8. The first-order valence-electron chi connectivity index (χ1n) is 8.45. The molecule has 6 nitrogen and oxygen atoms in total. The highest BCUT2D eigenvalue weighted by atomic mass is 19.1. The zero-order valence-corrected chi connectivity index (χ0v) is 15.6. The number of nitrogens with zero attached hydrogens (tertiary/aromatic N) is 1. The van der Waals surface area contributed by atoms with E-state index < -0.39 is 5.82 Å². The molecule has 0 spiro atoms. The van der Waals surface area contributed by atoms with Crippen molar-refractivity contribution in [3.05, 3.63) is 53.8 Å². The van der Waals surface area contributed by atoms with Crippen molar-refractivity contribution in [2.45, 2.75) is 19.9 Å². The first-order chi connectivity index (χ1) is 12.9. The van der Waals surface area contributed by atoms with E-state index in [-0.39, 0.29) is 30.5 Å². The summed E-state index contributed by atoms with van der Waals surface area (Å²) in [5.74, 6) is 0.137. The summed E-state index contributed by atoms with van der Waals surface area (Å²) in [5.41, 5.74) is 0.967. The van der Waals surface area contributed by atoms with Crippen LogP contribution in [-0.4, -0.2) is 37.5 Å². The summed E-state index contributed by atoms with van der Waals surface area (Å²) < 4.78 is 24.1. The van der Waals surface area contributed by atoms with Crippen LogP contribution in [0.3, 0.4) is 0 Å². The number of carbonyl (C=O) groups is 2. The van der Waals surface area contributed by atoms with Crippen LogP contribution >= 0.6 is 0 Å². The molecule has 0 heterocycles. The second-order valence-corrected chi connectivity index (χ2v) is 5.91. The predicted octanol–water partition coefficient (Wildman–Crippen LogP) is 3.22. The molecule has 0 bridgehead atoms. The van der Waals surface area contributed by atoms with Gasteiger partial charge in [-0.05, 0) is 29.8 Å². The minimum absolute atomic E-state index is 0.0567. The van der Waals surface area contributed by atoms with Crippen LogP contribution in [0.2, 0.25) is 0 Å². The maximum atomic E-state index is 13.6. The molecular weight excluding hydrogens is 351 g/mol. The Morgan fingerprint density at radius 3 is 2.41 bits per heavy atom. The smallest absolute Gasteiger partial charge is 0.226 e. The Morgan fingerprint density at radius 2 is 1.78 bits per heavy atom. The van der Waals surface area contributed by atoms with E-state index >= 15 is 0 Å². The van der Waals surface area contributed by atoms with Crippen molar-refractivity contribution in [1.29, 1.82) is 0 Å². The number of carbonyl (C=O) groups excluding carboxylic acids is 2. The van der Waals surface area contributed by atoms with E-state index in [1.807, 2.05) is 6.07 Å². The van der Waals surface area contributed by atoms with Crippen molar-refractivity contribution in [1.82, 2.24) is 4.90 Å². The van der Waals surface area contributed by atoms with E-state index in [0.29, 0.717) is 18.0 Å². The number of methoxy groups -OCH3 is 2. The average molecular weight is 374 g/mol. The van der Waals surface area contributed by atoms with Gasteiger partial charge in [0.2, 0.25) is 11.8 Å². The molecule has 0 radical (unpaired) electrons. The fraction of sp³-hybridized carbons (Fsp3) is 0.300. The number of benzene rings is 2. The van der Waals surface area contributed by atoms with Crippen LogP contribution in [0, 0.1) is 5.82 Å². The van der Waals surface area contributed by atoms with Crippen molar-refractivity contribution >= 4 is 17.5 Å². The Balaban J connectivity index is 1.98. The van der Waals surface area contributed by atoms with E-state index in [9.17, 15) is 14.0 Å². The molecule has 0 saturated carbocycles. The molecule has 1 N–H and O–H groups in total. The number of hydrogen-bond donors (Lipinski definition) is 1. The van der Waals surface area contributed by atoms with E-state index in [1.165, 1.54) is 26.2 Å². The number of amides is 2. The van der Waals surface area contributed by atoms with Gasteiger partial charge in [0.25, 0.3) is 0 Å². The molecule has 0 aromatic heterocycles. The predicted molar refractivity (Wildman–Crippen MR) is 100 cm³/mol. The van der Waals surface area contributed by atoms with Crippen LogP contribution in [0.4, 0.5) is 10.1 Å². The second kappa shape index (κ2) is 9.56. The number of hydrogen-bond acceptors (Lipinski definition) is 4. The molecule has 0 aliphatic rings. The summed E-state index contributed by atoms with van der Waals surface area (Å²) in [7, 11) is 3.09. The van der Waals surface area contributed by atoms with E-state index in [1.54, 1.807) is 36.3 Å². The van der Waals surface area contributed by atoms with E-state index in [4.69, 9.17) is 9.47 Å². The molecule has 0 aliphatic carbocycles.